The van der Waals surface area contributed by atoms with E-state index >= 15 is 0 Å². The molecule has 0 aromatic heterocycles. The van der Waals surface area contributed by atoms with E-state index in [1.807, 2.05) is 0 Å². The second kappa shape index (κ2) is 5.56. The van der Waals surface area contributed by atoms with Crippen molar-refractivity contribution >= 4 is 17.8 Å². The zero-order valence-electron chi connectivity index (χ0n) is 11.0. The largest absolute Gasteiger partial charge is 0.463 e. The third-order valence-electron chi connectivity index (χ3n) is 2.81. The van der Waals surface area contributed by atoms with Crippen molar-refractivity contribution in [2.45, 2.75) is 6.92 Å². The van der Waals surface area contributed by atoms with Crippen LogP contribution in [0, 0.1) is 0 Å². The van der Waals surface area contributed by atoms with E-state index in [9.17, 15) is 14.4 Å². The lowest BCUT2D eigenvalue weighted by molar-refractivity contribution is -0.137. The van der Waals surface area contributed by atoms with E-state index in [0.29, 0.717) is 11.1 Å². The Morgan fingerprint density at radius 1 is 1.25 bits per heavy atom. The molecule has 0 atom stereocenters. The normalized spacial score (nSPS) is 14.4. The van der Waals surface area contributed by atoms with E-state index < -0.39 is 17.8 Å². The zero-order valence-corrected chi connectivity index (χ0v) is 11.0. The molecule has 0 bridgehead atoms. The molecule has 0 spiro atoms. The Hall–Kier alpha value is -2.63. The van der Waals surface area contributed by atoms with Gasteiger partial charge in [-0.1, -0.05) is 12.1 Å². The molecule has 104 valence electrons. The summed E-state index contributed by atoms with van der Waals surface area (Å²) in [6.45, 7) is 1.77. The van der Waals surface area contributed by atoms with Crippen LogP contribution in [-0.4, -0.2) is 35.8 Å². The first-order valence-electron chi connectivity index (χ1n) is 6.12. The van der Waals surface area contributed by atoms with Crippen LogP contribution < -0.4 is 5.73 Å². The van der Waals surface area contributed by atoms with Crippen LogP contribution in [-0.2, 0) is 9.53 Å². The van der Waals surface area contributed by atoms with Gasteiger partial charge >= 0.3 is 5.97 Å². The topological polar surface area (TPSA) is 89.7 Å². The minimum Gasteiger partial charge on any atom is -0.463 e. The Morgan fingerprint density at radius 3 is 2.30 bits per heavy atom. The lowest BCUT2D eigenvalue weighted by atomic mass is 10.1. The van der Waals surface area contributed by atoms with Crippen molar-refractivity contribution in [3.63, 3.8) is 0 Å². The first-order chi connectivity index (χ1) is 9.54. The number of benzene rings is 1. The summed E-state index contributed by atoms with van der Waals surface area (Å²) >= 11 is 0. The Kier molecular flexibility index (Phi) is 3.84. The van der Waals surface area contributed by atoms with E-state index in [1.165, 1.54) is 0 Å². The average molecular weight is 274 g/mol. The predicted octanol–water partition coefficient (Wildman–Crippen LogP) is 0.688. The van der Waals surface area contributed by atoms with Gasteiger partial charge in [0, 0.05) is 11.8 Å². The van der Waals surface area contributed by atoms with Crippen molar-refractivity contribution in [1.82, 2.24) is 4.90 Å². The quantitative estimate of drug-likeness (QED) is 0.495. The fourth-order valence-electron chi connectivity index (χ4n) is 1.95. The van der Waals surface area contributed by atoms with Crippen LogP contribution >= 0.6 is 0 Å². The van der Waals surface area contributed by atoms with Crippen LogP contribution in [0.3, 0.4) is 0 Å². The number of carbonyl (C=O) groups excluding carboxylic acids is 3. The summed E-state index contributed by atoms with van der Waals surface area (Å²) in [6, 6.07) is 6.54. The number of hydrogen-bond acceptors (Lipinski definition) is 5. The van der Waals surface area contributed by atoms with E-state index in [4.69, 9.17) is 10.5 Å². The number of nitrogens with zero attached hydrogens (tertiary/aromatic N) is 1. The SMILES string of the molecule is CCOC(=O)C=C(N)CN1C(=O)c2ccccc2C1=O. The number of ether oxygens (including phenoxy) is 1. The van der Waals surface area contributed by atoms with E-state index in [1.54, 1.807) is 31.2 Å². The van der Waals surface area contributed by atoms with Crippen molar-refractivity contribution in [1.29, 1.82) is 0 Å². The molecule has 2 rings (SSSR count). The minimum absolute atomic E-state index is 0.0953. The van der Waals surface area contributed by atoms with Crippen LogP contribution in [0.15, 0.2) is 36.0 Å². The standard InChI is InChI=1S/C14H14N2O4/c1-2-20-12(17)7-9(15)8-16-13(18)10-5-3-4-6-11(10)14(16)19/h3-7H,2,8,15H2,1H3. The van der Waals surface area contributed by atoms with Crippen molar-refractivity contribution in [2.24, 2.45) is 5.73 Å². The van der Waals surface area contributed by atoms with Crippen molar-refractivity contribution in [3.05, 3.63) is 47.2 Å². The number of hydrogen-bond donors (Lipinski definition) is 1. The minimum atomic E-state index is -0.596. The fraction of sp³-hybridized carbons (Fsp3) is 0.214. The molecular weight excluding hydrogens is 260 g/mol. The molecule has 1 heterocycles. The number of esters is 1. The van der Waals surface area contributed by atoms with Gasteiger partial charge in [-0.15, -0.1) is 0 Å². The number of imide groups is 1. The summed E-state index contributed by atoms with van der Waals surface area (Å²) in [5.41, 5.74) is 6.45. The van der Waals surface area contributed by atoms with Crippen molar-refractivity contribution < 1.29 is 19.1 Å². The second-order valence-electron chi connectivity index (χ2n) is 4.21. The van der Waals surface area contributed by atoms with Crippen LogP contribution in [0.1, 0.15) is 27.6 Å². The van der Waals surface area contributed by atoms with Crippen LogP contribution in [0.2, 0.25) is 0 Å². The number of nitrogens with two attached hydrogens (primary N) is 1. The maximum Gasteiger partial charge on any atom is 0.332 e. The predicted molar refractivity (Wildman–Crippen MR) is 70.7 cm³/mol. The van der Waals surface area contributed by atoms with Gasteiger partial charge in [0.2, 0.25) is 0 Å². The molecule has 1 aliphatic heterocycles. The Bertz CT molecular complexity index is 572. The van der Waals surface area contributed by atoms with E-state index in [2.05, 4.69) is 0 Å². The molecule has 6 nitrogen and oxygen atoms in total. The molecule has 1 aromatic rings. The zero-order chi connectivity index (χ0) is 14.7. The lowest BCUT2D eigenvalue weighted by Gasteiger charge is -2.13. The van der Waals surface area contributed by atoms with Gasteiger partial charge in [-0.05, 0) is 19.1 Å². The third kappa shape index (κ3) is 2.54. The first-order valence-corrected chi connectivity index (χ1v) is 6.12. The highest BCUT2D eigenvalue weighted by atomic mass is 16.5. The van der Waals surface area contributed by atoms with Gasteiger partial charge < -0.3 is 10.5 Å². The molecule has 0 aliphatic carbocycles. The Balaban J connectivity index is 2.15. The second-order valence-corrected chi connectivity index (χ2v) is 4.21. The monoisotopic (exact) mass is 274 g/mol. The summed E-state index contributed by atoms with van der Waals surface area (Å²) < 4.78 is 4.71. The van der Waals surface area contributed by atoms with Gasteiger partial charge in [0.05, 0.1) is 24.3 Å². The highest BCUT2D eigenvalue weighted by Crippen LogP contribution is 2.22. The summed E-state index contributed by atoms with van der Waals surface area (Å²) in [5, 5.41) is 0. The van der Waals surface area contributed by atoms with Crippen molar-refractivity contribution in [2.75, 3.05) is 13.2 Å². The summed E-state index contributed by atoms with van der Waals surface area (Å²) in [5.74, 6) is -1.42. The third-order valence-corrected chi connectivity index (χ3v) is 2.81. The molecule has 0 saturated heterocycles. The van der Waals surface area contributed by atoms with Crippen LogP contribution in [0.4, 0.5) is 0 Å². The molecule has 2 amide bonds. The number of carbonyl (C=O) groups is 3. The molecule has 2 N–H and O–H groups in total. The number of amides is 2. The van der Waals surface area contributed by atoms with Crippen LogP contribution in [0.5, 0.6) is 0 Å². The van der Waals surface area contributed by atoms with Gasteiger partial charge in [0.25, 0.3) is 11.8 Å². The molecule has 20 heavy (non-hydrogen) atoms. The van der Waals surface area contributed by atoms with Crippen molar-refractivity contribution in [3.8, 4) is 0 Å². The number of rotatable bonds is 4. The summed E-state index contributed by atoms with van der Waals surface area (Å²) in [4.78, 5) is 36.4. The lowest BCUT2D eigenvalue weighted by Crippen LogP contribution is -2.33. The molecule has 0 radical (unpaired) electrons. The first kappa shape index (κ1) is 13.8. The molecule has 1 aromatic carbocycles. The molecule has 6 heteroatoms. The highest BCUT2D eigenvalue weighted by Gasteiger charge is 2.35. The maximum atomic E-state index is 12.1. The fourth-order valence-corrected chi connectivity index (χ4v) is 1.95. The van der Waals surface area contributed by atoms with Gasteiger partial charge in [-0.3, -0.25) is 14.5 Å². The summed E-state index contributed by atoms with van der Waals surface area (Å²) in [6.07, 6.45) is 1.08. The molecular formula is C14H14N2O4. The van der Waals surface area contributed by atoms with E-state index in [0.717, 1.165) is 11.0 Å². The molecule has 0 fully saturated rings. The average Bonchev–Trinajstić information content (AvgIpc) is 2.65. The number of fused-ring (bicyclic) bond motifs is 1. The van der Waals surface area contributed by atoms with Gasteiger partial charge in [-0.25, -0.2) is 4.79 Å². The van der Waals surface area contributed by atoms with Crippen LogP contribution in [0.25, 0.3) is 0 Å². The Labute approximate surface area is 115 Å². The van der Waals surface area contributed by atoms with Gasteiger partial charge in [0.1, 0.15) is 0 Å². The smallest absolute Gasteiger partial charge is 0.332 e. The van der Waals surface area contributed by atoms with E-state index in [-0.39, 0.29) is 18.8 Å². The molecule has 1 aliphatic rings. The van der Waals surface area contributed by atoms with Gasteiger partial charge in [-0.2, -0.15) is 0 Å². The molecule has 0 saturated carbocycles. The summed E-state index contributed by atoms with van der Waals surface area (Å²) in [7, 11) is 0. The van der Waals surface area contributed by atoms with Gasteiger partial charge in [0.15, 0.2) is 0 Å². The maximum absolute atomic E-state index is 12.1. The molecule has 0 unspecified atom stereocenters. The Morgan fingerprint density at radius 2 is 1.80 bits per heavy atom. The highest BCUT2D eigenvalue weighted by molar-refractivity contribution is 6.21.